The number of anilines is 1. The summed E-state index contributed by atoms with van der Waals surface area (Å²) in [5.74, 6) is -0.727. The van der Waals surface area contributed by atoms with E-state index in [4.69, 9.17) is 0 Å². The second-order valence-corrected chi connectivity index (χ2v) is 9.89. The molecule has 0 saturated carbocycles. The highest BCUT2D eigenvalue weighted by molar-refractivity contribution is 5.99. The predicted molar refractivity (Wildman–Crippen MR) is 153 cm³/mol. The number of para-hydroxylation sites is 2. The molecule has 0 fully saturated rings. The Balaban J connectivity index is 1.22. The number of nitrogens with one attached hydrogen (secondary N) is 4. The molecule has 0 aliphatic heterocycles. The van der Waals surface area contributed by atoms with Gasteiger partial charge in [0.2, 0.25) is 5.95 Å². The van der Waals surface area contributed by atoms with E-state index < -0.39 is 12.0 Å². The number of aryl methyl sites for hydroxylation is 3. The maximum Gasteiger partial charge on any atom is 0.326 e. The molecule has 0 aliphatic rings. The van der Waals surface area contributed by atoms with Gasteiger partial charge in [0.15, 0.2) is 0 Å². The first kappa shape index (κ1) is 25.8. The Morgan fingerprint density at radius 1 is 0.923 bits per heavy atom. The van der Waals surface area contributed by atoms with Crippen LogP contribution in [0.15, 0.2) is 72.8 Å². The van der Waals surface area contributed by atoms with Gasteiger partial charge in [-0.05, 0) is 67.3 Å². The van der Waals surface area contributed by atoms with Gasteiger partial charge in [0, 0.05) is 23.4 Å². The quantitative estimate of drug-likeness (QED) is 0.175. The fraction of sp³-hybridized carbons (Fsp3) is 0.194. The van der Waals surface area contributed by atoms with Gasteiger partial charge in [0.25, 0.3) is 5.91 Å². The van der Waals surface area contributed by atoms with Gasteiger partial charge in [-0.3, -0.25) is 4.79 Å². The topological polar surface area (TPSA) is 123 Å². The van der Waals surface area contributed by atoms with Gasteiger partial charge in [0.1, 0.15) is 6.04 Å². The molecule has 8 nitrogen and oxygen atoms in total. The number of H-pyrrole nitrogens is 2. The number of carboxylic acid groups (broad SMARTS) is 1. The monoisotopic (exact) mass is 521 g/mol. The molecule has 5 N–H and O–H groups in total. The second-order valence-electron chi connectivity index (χ2n) is 9.89. The minimum atomic E-state index is -1.07. The van der Waals surface area contributed by atoms with E-state index in [0.717, 1.165) is 50.2 Å². The lowest BCUT2D eigenvalue weighted by Gasteiger charge is -2.17. The average molecular weight is 522 g/mol. The SMILES string of the molecule is Cc1cc(C)c(C(=O)NC(Cc2ccc(-c3ccc(CNc4nc5ccccc5[nH]4)[nH]3)cc2)C(=O)O)c(C)c1. The highest BCUT2D eigenvalue weighted by atomic mass is 16.4. The van der Waals surface area contributed by atoms with E-state index in [1.807, 2.05) is 93.6 Å². The molecule has 1 amide bonds. The lowest BCUT2D eigenvalue weighted by molar-refractivity contribution is -0.139. The van der Waals surface area contributed by atoms with Crippen molar-refractivity contribution in [2.24, 2.45) is 0 Å². The molecule has 39 heavy (non-hydrogen) atoms. The van der Waals surface area contributed by atoms with Gasteiger partial charge in [-0.2, -0.15) is 0 Å². The van der Waals surface area contributed by atoms with Crippen LogP contribution >= 0.6 is 0 Å². The Labute approximate surface area is 226 Å². The van der Waals surface area contributed by atoms with E-state index in [-0.39, 0.29) is 12.3 Å². The molecule has 1 unspecified atom stereocenters. The second kappa shape index (κ2) is 10.9. The lowest BCUT2D eigenvalue weighted by atomic mass is 9.98. The number of aromatic nitrogens is 3. The number of benzene rings is 3. The average Bonchev–Trinajstić information content (AvgIpc) is 3.54. The van der Waals surface area contributed by atoms with Crippen molar-refractivity contribution in [1.29, 1.82) is 0 Å². The van der Waals surface area contributed by atoms with Gasteiger partial charge in [-0.25, -0.2) is 9.78 Å². The number of amides is 1. The third-order valence-corrected chi connectivity index (χ3v) is 6.79. The lowest BCUT2D eigenvalue weighted by Crippen LogP contribution is -2.42. The zero-order valence-electron chi connectivity index (χ0n) is 22.1. The number of fused-ring (bicyclic) bond motifs is 1. The number of carbonyl (C=O) groups is 2. The fourth-order valence-electron chi connectivity index (χ4n) is 4.95. The van der Waals surface area contributed by atoms with Crippen molar-refractivity contribution in [2.75, 3.05) is 5.32 Å². The summed E-state index contributed by atoms with van der Waals surface area (Å²) >= 11 is 0. The number of aliphatic carboxylic acids is 1. The third kappa shape index (κ3) is 5.85. The summed E-state index contributed by atoms with van der Waals surface area (Å²) in [5, 5.41) is 15.8. The standard InChI is InChI=1S/C31H31N5O3/c1-18-14-19(2)28(20(3)15-18)29(37)34-27(30(38)39)16-21-8-10-22(11-9-21)24-13-12-23(33-24)17-32-31-35-25-6-4-5-7-26(25)36-31/h4-15,27,33H,16-17H2,1-3H3,(H,34,37)(H,38,39)(H2,32,35,36). The van der Waals surface area contributed by atoms with Gasteiger partial charge in [-0.15, -0.1) is 0 Å². The summed E-state index contributed by atoms with van der Waals surface area (Å²) in [6, 6.07) is 22.4. The Bertz CT molecular complexity index is 1590. The first-order valence-corrected chi connectivity index (χ1v) is 12.8. The summed E-state index contributed by atoms with van der Waals surface area (Å²) in [6.45, 7) is 6.28. The molecule has 0 aliphatic carbocycles. The summed E-state index contributed by atoms with van der Waals surface area (Å²) < 4.78 is 0. The Morgan fingerprint density at radius 3 is 2.33 bits per heavy atom. The highest BCUT2D eigenvalue weighted by Gasteiger charge is 2.23. The molecule has 2 heterocycles. The molecule has 8 heteroatoms. The van der Waals surface area contributed by atoms with Gasteiger partial charge < -0.3 is 25.7 Å². The van der Waals surface area contributed by atoms with Crippen molar-refractivity contribution < 1.29 is 14.7 Å². The van der Waals surface area contributed by atoms with Crippen LogP contribution in [0, 0.1) is 20.8 Å². The molecule has 0 bridgehead atoms. The van der Waals surface area contributed by atoms with Gasteiger partial charge in [0.05, 0.1) is 17.6 Å². The van der Waals surface area contributed by atoms with Crippen molar-refractivity contribution >= 4 is 28.9 Å². The predicted octanol–water partition coefficient (Wildman–Crippen LogP) is 5.52. The van der Waals surface area contributed by atoms with E-state index in [1.165, 1.54) is 0 Å². The van der Waals surface area contributed by atoms with E-state index in [0.29, 0.717) is 18.1 Å². The molecule has 5 rings (SSSR count). The van der Waals surface area contributed by atoms with Crippen LogP contribution in [-0.4, -0.2) is 38.0 Å². The number of aromatic amines is 2. The van der Waals surface area contributed by atoms with Gasteiger partial charge >= 0.3 is 5.97 Å². The Kier molecular flexibility index (Phi) is 7.19. The van der Waals surface area contributed by atoms with Crippen molar-refractivity contribution in [3.05, 3.63) is 106 Å². The van der Waals surface area contributed by atoms with E-state index in [9.17, 15) is 14.7 Å². The van der Waals surface area contributed by atoms with Crippen molar-refractivity contribution in [1.82, 2.24) is 20.3 Å². The van der Waals surface area contributed by atoms with Crippen molar-refractivity contribution in [2.45, 2.75) is 39.8 Å². The van der Waals surface area contributed by atoms with Crippen LogP contribution < -0.4 is 10.6 Å². The third-order valence-electron chi connectivity index (χ3n) is 6.79. The molecule has 1 atom stereocenters. The van der Waals surface area contributed by atoms with Crippen LogP contribution in [-0.2, 0) is 17.8 Å². The first-order valence-electron chi connectivity index (χ1n) is 12.8. The fourth-order valence-corrected chi connectivity index (χ4v) is 4.95. The number of hydrogen-bond acceptors (Lipinski definition) is 4. The molecular formula is C31H31N5O3. The molecule has 0 spiro atoms. The molecule has 0 saturated heterocycles. The summed E-state index contributed by atoms with van der Waals surface area (Å²) in [4.78, 5) is 36.1. The van der Waals surface area contributed by atoms with Crippen LogP contribution in [0.2, 0.25) is 0 Å². The summed E-state index contributed by atoms with van der Waals surface area (Å²) in [6.07, 6.45) is 0.183. The number of carbonyl (C=O) groups excluding carboxylic acids is 1. The van der Waals surface area contributed by atoms with Crippen molar-refractivity contribution in [3.8, 4) is 11.3 Å². The molecule has 2 aromatic heterocycles. The van der Waals surface area contributed by atoms with Gasteiger partial charge in [-0.1, -0.05) is 54.1 Å². The van der Waals surface area contributed by atoms with E-state index in [1.54, 1.807) is 0 Å². The van der Waals surface area contributed by atoms with E-state index >= 15 is 0 Å². The number of carboxylic acids is 1. The maximum absolute atomic E-state index is 12.9. The molecule has 5 aromatic rings. The molecule has 198 valence electrons. The number of hydrogen-bond donors (Lipinski definition) is 5. The first-order chi connectivity index (χ1) is 18.8. The number of rotatable bonds is 9. The number of imidazole rings is 1. The number of nitrogens with zero attached hydrogens (tertiary/aromatic N) is 1. The molecule has 3 aromatic carbocycles. The zero-order chi connectivity index (χ0) is 27.5. The van der Waals surface area contributed by atoms with Crippen molar-refractivity contribution in [3.63, 3.8) is 0 Å². The zero-order valence-corrected chi connectivity index (χ0v) is 22.1. The summed E-state index contributed by atoms with van der Waals surface area (Å²) in [7, 11) is 0. The van der Waals surface area contributed by atoms with Crippen LogP contribution in [0.3, 0.4) is 0 Å². The Hall–Kier alpha value is -4.85. The molecule has 0 radical (unpaired) electrons. The van der Waals surface area contributed by atoms with Crippen LogP contribution in [0.4, 0.5) is 5.95 Å². The molecular weight excluding hydrogens is 490 g/mol. The Morgan fingerprint density at radius 2 is 1.64 bits per heavy atom. The van der Waals surface area contributed by atoms with Crippen LogP contribution in [0.1, 0.15) is 38.3 Å². The minimum Gasteiger partial charge on any atom is -0.480 e. The minimum absolute atomic E-state index is 0.183. The maximum atomic E-state index is 12.9. The van der Waals surface area contributed by atoms with E-state index in [2.05, 4.69) is 25.6 Å². The normalized spacial score (nSPS) is 11.9. The highest BCUT2D eigenvalue weighted by Crippen LogP contribution is 2.21. The smallest absolute Gasteiger partial charge is 0.326 e. The van der Waals surface area contributed by atoms with Crippen LogP contribution in [0.25, 0.3) is 22.3 Å². The summed E-state index contributed by atoms with van der Waals surface area (Å²) in [5.41, 5.74) is 8.91. The largest absolute Gasteiger partial charge is 0.480 e. The van der Waals surface area contributed by atoms with Crippen LogP contribution in [0.5, 0.6) is 0 Å².